The van der Waals surface area contributed by atoms with Crippen molar-refractivity contribution in [1.82, 2.24) is 10.2 Å². The number of nitrogens with zero attached hydrogens (tertiary/aromatic N) is 2. The third-order valence-electron chi connectivity index (χ3n) is 4.04. The normalized spacial score (nSPS) is 10.7. The Labute approximate surface area is 141 Å². The summed E-state index contributed by atoms with van der Waals surface area (Å²) in [5, 5.41) is 13.3. The molecule has 0 bridgehead atoms. The van der Waals surface area contributed by atoms with E-state index in [-0.39, 0.29) is 0 Å². The molecule has 0 aliphatic heterocycles. The molecule has 0 unspecified atom stereocenters. The molecule has 0 amide bonds. The van der Waals surface area contributed by atoms with Crippen LogP contribution >= 0.6 is 0 Å². The first-order valence-corrected chi connectivity index (χ1v) is 7.96. The number of aromatic nitrogens is 2. The number of aryl methyl sites for hydroxylation is 1. The van der Waals surface area contributed by atoms with E-state index in [0.29, 0.717) is 0 Å². The summed E-state index contributed by atoms with van der Waals surface area (Å²) in [4.78, 5) is 0. The van der Waals surface area contributed by atoms with Gasteiger partial charge >= 0.3 is 0 Å². The van der Waals surface area contributed by atoms with Crippen LogP contribution in [0, 0.1) is 6.92 Å². The largest absolute Gasteiger partial charge is 0.338 e. The second kappa shape index (κ2) is 6.13. The van der Waals surface area contributed by atoms with Crippen molar-refractivity contribution in [3.05, 3.63) is 84.4 Å². The molecule has 116 valence electrons. The van der Waals surface area contributed by atoms with Gasteiger partial charge in [-0.3, -0.25) is 0 Å². The molecule has 0 fully saturated rings. The van der Waals surface area contributed by atoms with Crippen molar-refractivity contribution in [2.45, 2.75) is 6.92 Å². The van der Waals surface area contributed by atoms with Crippen molar-refractivity contribution in [2.75, 3.05) is 5.32 Å². The molecule has 1 N–H and O–H groups in total. The summed E-state index contributed by atoms with van der Waals surface area (Å²) in [5.41, 5.74) is 5.32. The van der Waals surface area contributed by atoms with E-state index in [0.717, 1.165) is 33.5 Å². The number of hydrogen-bond acceptors (Lipinski definition) is 3. The van der Waals surface area contributed by atoms with E-state index in [2.05, 4.69) is 64.9 Å². The van der Waals surface area contributed by atoms with Gasteiger partial charge in [-0.2, -0.15) is 0 Å². The van der Waals surface area contributed by atoms with Crippen LogP contribution in [0.25, 0.3) is 22.0 Å². The maximum absolute atomic E-state index is 4.44. The van der Waals surface area contributed by atoms with Crippen LogP contribution in [0.5, 0.6) is 0 Å². The van der Waals surface area contributed by atoms with E-state index < -0.39 is 0 Å². The molecule has 3 aromatic carbocycles. The van der Waals surface area contributed by atoms with Crippen LogP contribution in [0.2, 0.25) is 0 Å². The Bertz CT molecular complexity index is 977. The highest BCUT2D eigenvalue weighted by Gasteiger charge is 2.12. The molecule has 0 radical (unpaired) electrons. The van der Waals surface area contributed by atoms with Gasteiger partial charge in [0.05, 0.1) is 5.52 Å². The van der Waals surface area contributed by atoms with Crippen molar-refractivity contribution in [1.29, 1.82) is 0 Å². The van der Waals surface area contributed by atoms with Crippen molar-refractivity contribution >= 4 is 22.4 Å². The van der Waals surface area contributed by atoms with Crippen molar-refractivity contribution in [3.8, 4) is 11.1 Å². The van der Waals surface area contributed by atoms with E-state index in [1.165, 1.54) is 5.56 Å². The average Bonchev–Trinajstić information content (AvgIpc) is 2.64. The predicted octanol–water partition coefficient (Wildman–Crippen LogP) is 5.35. The number of anilines is 2. The smallest absolute Gasteiger partial charge is 0.161 e. The third-order valence-corrected chi connectivity index (χ3v) is 4.04. The van der Waals surface area contributed by atoms with Gasteiger partial charge in [0.1, 0.15) is 0 Å². The number of benzene rings is 3. The molecule has 3 heteroatoms. The minimum atomic E-state index is 0.767. The first-order chi connectivity index (χ1) is 11.8. The Morgan fingerprint density at radius 3 is 2.21 bits per heavy atom. The second-order valence-corrected chi connectivity index (χ2v) is 5.80. The van der Waals surface area contributed by atoms with Gasteiger partial charge in [-0.1, -0.05) is 66.2 Å². The fourth-order valence-corrected chi connectivity index (χ4v) is 2.81. The summed E-state index contributed by atoms with van der Waals surface area (Å²) >= 11 is 0. The molecule has 3 nitrogen and oxygen atoms in total. The maximum Gasteiger partial charge on any atom is 0.161 e. The van der Waals surface area contributed by atoms with Gasteiger partial charge in [-0.25, -0.2) is 0 Å². The van der Waals surface area contributed by atoms with Crippen LogP contribution in [0.4, 0.5) is 11.5 Å². The molecule has 4 aromatic rings. The van der Waals surface area contributed by atoms with Gasteiger partial charge in [0.2, 0.25) is 0 Å². The van der Waals surface area contributed by atoms with E-state index in [4.69, 9.17) is 0 Å². The molecule has 0 aliphatic rings. The fraction of sp³-hybridized carbons (Fsp3) is 0.0476. The number of nitrogens with one attached hydrogen (secondary N) is 1. The fourth-order valence-electron chi connectivity index (χ4n) is 2.81. The highest BCUT2D eigenvalue weighted by Crippen LogP contribution is 2.34. The lowest BCUT2D eigenvalue weighted by Crippen LogP contribution is -2.00. The molecule has 0 atom stereocenters. The molecule has 1 heterocycles. The van der Waals surface area contributed by atoms with Crippen LogP contribution in [0.15, 0.2) is 78.9 Å². The first-order valence-electron chi connectivity index (χ1n) is 7.96. The molecule has 0 saturated heterocycles. The molecule has 1 aromatic heterocycles. The quantitative estimate of drug-likeness (QED) is 0.554. The van der Waals surface area contributed by atoms with Crippen molar-refractivity contribution in [3.63, 3.8) is 0 Å². The zero-order valence-corrected chi connectivity index (χ0v) is 13.4. The summed E-state index contributed by atoms with van der Waals surface area (Å²) in [5.74, 6) is 0.767. The minimum Gasteiger partial charge on any atom is -0.338 e. The van der Waals surface area contributed by atoms with Gasteiger partial charge < -0.3 is 5.32 Å². The standard InChI is InChI=1S/C21H17N3/c1-15-11-13-17(14-12-15)22-21-20(16-7-3-2-4-8-16)18-9-5-6-10-19(18)23-24-21/h2-14H,1H3,(H,22,24). The Hall–Kier alpha value is -3.20. The highest BCUT2D eigenvalue weighted by atomic mass is 15.2. The van der Waals surface area contributed by atoms with Gasteiger partial charge in [-0.15, -0.1) is 10.2 Å². The highest BCUT2D eigenvalue weighted by molar-refractivity contribution is 5.99. The lowest BCUT2D eigenvalue weighted by atomic mass is 10.0. The molecule has 0 saturated carbocycles. The average molecular weight is 311 g/mol. The van der Waals surface area contributed by atoms with Crippen LogP contribution in [0.3, 0.4) is 0 Å². The van der Waals surface area contributed by atoms with Gasteiger partial charge in [-0.05, 0) is 30.7 Å². The third kappa shape index (κ3) is 2.72. The molecule has 4 rings (SSSR count). The topological polar surface area (TPSA) is 37.8 Å². The number of hydrogen-bond donors (Lipinski definition) is 1. The zero-order valence-electron chi connectivity index (χ0n) is 13.4. The van der Waals surface area contributed by atoms with E-state index in [9.17, 15) is 0 Å². The van der Waals surface area contributed by atoms with E-state index in [1.807, 2.05) is 36.4 Å². The molecular formula is C21H17N3. The Balaban J connectivity index is 1.90. The Kier molecular flexibility index (Phi) is 3.67. The molecular weight excluding hydrogens is 294 g/mol. The van der Waals surface area contributed by atoms with Crippen LogP contribution in [-0.4, -0.2) is 10.2 Å². The SMILES string of the molecule is Cc1ccc(Nc2nnc3ccccc3c2-c2ccccc2)cc1. The lowest BCUT2D eigenvalue weighted by molar-refractivity contribution is 1.08. The maximum atomic E-state index is 4.44. The molecule has 0 aliphatic carbocycles. The van der Waals surface area contributed by atoms with Crippen LogP contribution < -0.4 is 5.32 Å². The van der Waals surface area contributed by atoms with Gasteiger partial charge in [0.15, 0.2) is 5.82 Å². The van der Waals surface area contributed by atoms with E-state index >= 15 is 0 Å². The van der Waals surface area contributed by atoms with Crippen molar-refractivity contribution in [2.24, 2.45) is 0 Å². The van der Waals surface area contributed by atoms with E-state index in [1.54, 1.807) is 0 Å². The van der Waals surface area contributed by atoms with Crippen LogP contribution in [0.1, 0.15) is 5.56 Å². The summed E-state index contributed by atoms with van der Waals surface area (Å²) in [6.45, 7) is 2.08. The minimum absolute atomic E-state index is 0.767. The Morgan fingerprint density at radius 1 is 0.708 bits per heavy atom. The monoisotopic (exact) mass is 311 g/mol. The summed E-state index contributed by atoms with van der Waals surface area (Å²) in [6.07, 6.45) is 0. The second-order valence-electron chi connectivity index (χ2n) is 5.80. The van der Waals surface area contributed by atoms with Crippen LogP contribution in [-0.2, 0) is 0 Å². The zero-order chi connectivity index (χ0) is 16.4. The summed E-state index contributed by atoms with van der Waals surface area (Å²) in [7, 11) is 0. The van der Waals surface area contributed by atoms with Gasteiger partial charge in [0.25, 0.3) is 0 Å². The first kappa shape index (κ1) is 14.4. The Morgan fingerprint density at radius 2 is 1.42 bits per heavy atom. The number of fused-ring (bicyclic) bond motifs is 1. The predicted molar refractivity (Wildman–Crippen MR) is 99.4 cm³/mol. The molecule has 0 spiro atoms. The molecule has 24 heavy (non-hydrogen) atoms. The van der Waals surface area contributed by atoms with Gasteiger partial charge in [0, 0.05) is 16.6 Å². The summed E-state index contributed by atoms with van der Waals surface area (Å²) < 4.78 is 0. The summed E-state index contributed by atoms with van der Waals surface area (Å²) in [6, 6.07) is 26.7. The number of rotatable bonds is 3. The van der Waals surface area contributed by atoms with Crippen molar-refractivity contribution < 1.29 is 0 Å². The lowest BCUT2D eigenvalue weighted by Gasteiger charge is -2.13.